The molecule has 21 heavy (non-hydrogen) atoms. The van der Waals surface area contributed by atoms with Crippen LogP contribution < -0.4 is 10.6 Å². The van der Waals surface area contributed by atoms with Gasteiger partial charge in [0, 0.05) is 13.1 Å². The van der Waals surface area contributed by atoms with Crippen molar-refractivity contribution in [2.45, 2.75) is 13.0 Å². The van der Waals surface area contributed by atoms with Crippen molar-refractivity contribution < 1.29 is 4.79 Å². The highest BCUT2D eigenvalue weighted by atomic mass is 16.2. The first-order valence-corrected chi connectivity index (χ1v) is 7.40. The maximum absolute atomic E-state index is 11.9. The fourth-order valence-corrected chi connectivity index (χ4v) is 2.48. The Kier molecular flexibility index (Phi) is 4.02. The molecule has 3 rings (SSSR count). The molecule has 108 valence electrons. The summed E-state index contributed by atoms with van der Waals surface area (Å²) in [6, 6.07) is 18.7. The van der Waals surface area contributed by atoms with Crippen LogP contribution in [0.25, 0.3) is 11.1 Å². The van der Waals surface area contributed by atoms with Gasteiger partial charge in [0.15, 0.2) is 0 Å². The van der Waals surface area contributed by atoms with E-state index in [1.807, 2.05) is 25.1 Å². The SMILES string of the molecule is CC(NC(=O)C1CNC1)c1ccc(-c2ccccc2)cc1. The lowest BCUT2D eigenvalue weighted by molar-refractivity contribution is -0.127. The molecular weight excluding hydrogens is 260 g/mol. The first-order valence-electron chi connectivity index (χ1n) is 7.40. The highest BCUT2D eigenvalue weighted by molar-refractivity contribution is 5.80. The third kappa shape index (κ3) is 3.14. The fraction of sp³-hybridized carbons (Fsp3) is 0.278. The van der Waals surface area contributed by atoms with Crippen LogP contribution in [0.3, 0.4) is 0 Å². The van der Waals surface area contributed by atoms with Crippen LogP contribution in [0.1, 0.15) is 18.5 Å². The van der Waals surface area contributed by atoms with Gasteiger partial charge in [0.2, 0.25) is 5.91 Å². The maximum atomic E-state index is 11.9. The quantitative estimate of drug-likeness (QED) is 0.904. The van der Waals surface area contributed by atoms with E-state index >= 15 is 0 Å². The van der Waals surface area contributed by atoms with Crippen LogP contribution >= 0.6 is 0 Å². The van der Waals surface area contributed by atoms with Crippen LogP contribution in [-0.2, 0) is 4.79 Å². The first-order chi connectivity index (χ1) is 10.2. The molecule has 3 heteroatoms. The summed E-state index contributed by atoms with van der Waals surface area (Å²) in [4.78, 5) is 11.9. The standard InChI is InChI=1S/C18H20N2O/c1-13(20-18(21)17-11-19-12-17)14-7-9-16(10-8-14)15-5-3-2-4-6-15/h2-10,13,17,19H,11-12H2,1H3,(H,20,21). The highest BCUT2D eigenvalue weighted by Gasteiger charge is 2.25. The molecule has 2 aromatic carbocycles. The van der Waals surface area contributed by atoms with Crippen molar-refractivity contribution in [1.29, 1.82) is 0 Å². The monoisotopic (exact) mass is 280 g/mol. The maximum Gasteiger partial charge on any atom is 0.226 e. The second kappa shape index (κ2) is 6.10. The minimum Gasteiger partial charge on any atom is -0.349 e. The summed E-state index contributed by atoms with van der Waals surface area (Å²) in [6.45, 7) is 3.62. The molecule has 1 fully saturated rings. The number of rotatable bonds is 4. The summed E-state index contributed by atoms with van der Waals surface area (Å²) in [5.74, 6) is 0.282. The molecule has 1 aliphatic rings. The molecule has 2 N–H and O–H groups in total. The van der Waals surface area contributed by atoms with Gasteiger partial charge in [0.1, 0.15) is 0 Å². The van der Waals surface area contributed by atoms with Gasteiger partial charge >= 0.3 is 0 Å². The Morgan fingerprint density at radius 3 is 2.24 bits per heavy atom. The molecular formula is C18H20N2O. The Morgan fingerprint density at radius 1 is 1.05 bits per heavy atom. The number of hydrogen-bond donors (Lipinski definition) is 2. The van der Waals surface area contributed by atoms with E-state index in [1.165, 1.54) is 11.1 Å². The molecule has 0 bridgehead atoms. The lowest BCUT2D eigenvalue weighted by Gasteiger charge is -2.27. The first kappa shape index (κ1) is 13.8. The van der Waals surface area contributed by atoms with Gasteiger partial charge in [-0.05, 0) is 23.6 Å². The number of nitrogens with one attached hydrogen (secondary N) is 2. The van der Waals surface area contributed by atoms with Crippen molar-refractivity contribution >= 4 is 5.91 Å². The third-order valence-electron chi connectivity index (χ3n) is 4.03. The van der Waals surface area contributed by atoms with Gasteiger partial charge in [-0.1, -0.05) is 54.6 Å². The minimum absolute atomic E-state index is 0.0444. The second-order valence-electron chi connectivity index (χ2n) is 5.57. The normalized spacial score (nSPS) is 16.0. The molecule has 3 nitrogen and oxygen atoms in total. The summed E-state index contributed by atoms with van der Waals surface area (Å²) < 4.78 is 0. The van der Waals surface area contributed by atoms with E-state index < -0.39 is 0 Å². The van der Waals surface area contributed by atoms with E-state index in [-0.39, 0.29) is 17.9 Å². The van der Waals surface area contributed by atoms with Crippen molar-refractivity contribution in [3.05, 3.63) is 60.2 Å². The lowest BCUT2D eigenvalue weighted by atomic mass is 9.99. The van der Waals surface area contributed by atoms with E-state index in [2.05, 4.69) is 47.0 Å². The zero-order valence-electron chi connectivity index (χ0n) is 12.2. The van der Waals surface area contributed by atoms with Crippen molar-refractivity contribution in [3.8, 4) is 11.1 Å². The van der Waals surface area contributed by atoms with E-state index in [4.69, 9.17) is 0 Å². The molecule has 0 aliphatic carbocycles. The van der Waals surface area contributed by atoms with Gasteiger partial charge in [0.25, 0.3) is 0 Å². The van der Waals surface area contributed by atoms with Crippen molar-refractivity contribution in [2.24, 2.45) is 5.92 Å². The Morgan fingerprint density at radius 2 is 1.67 bits per heavy atom. The van der Waals surface area contributed by atoms with Gasteiger partial charge in [-0.3, -0.25) is 4.79 Å². The Labute approximate surface area is 125 Å². The summed E-state index contributed by atoms with van der Waals surface area (Å²) >= 11 is 0. The number of hydrogen-bond acceptors (Lipinski definition) is 2. The zero-order chi connectivity index (χ0) is 14.7. The molecule has 0 radical (unpaired) electrons. The van der Waals surface area contributed by atoms with E-state index in [0.29, 0.717) is 0 Å². The van der Waals surface area contributed by atoms with Crippen LogP contribution in [0.4, 0.5) is 0 Å². The Bertz CT molecular complexity index is 603. The molecule has 1 unspecified atom stereocenters. The zero-order valence-corrected chi connectivity index (χ0v) is 12.2. The van der Waals surface area contributed by atoms with Crippen molar-refractivity contribution in [2.75, 3.05) is 13.1 Å². The minimum atomic E-state index is 0.0444. The molecule has 1 amide bonds. The molecule has 1 aliphatic heterocycles. The molecule has 0 spiro atoms. The predicted molar refractivity (Wildman–Crippen MR) is 84.8 cm³/mol. The van der Waals surface area contributed by atoms with Crippen LogP contribution in [0, 0.1) is 5.92 Å². The average molecular weight is 280 g/mol. The molecule has 1 atom stereocenters. The molecule has 0 aromatic heterocycles. The van der Waals surface area contributed by atoms with Gasteiger partial charge in [-0.2, -0.15) is 0 Å². The van der Waals surface area contributed by atoms with Crippen LogP contribution in [-0.4, -0.2) is 19.0 Å². The lowest BCUT2D eigenvalue weighted by Crippen LogP contribution is -2.51. The highest BCUT2D eigenvalue weighted by Crippen LogP contribution is 2.22. The Balaban J connectivity index is 1.67. The van der Waals surface area contributed by atoms with Crippen molar-refractivity contribution in [1.82, 2.24) is 10.6 Å². The van der Waals surface area contributed by atoms with E-state index in [1.54, 1.807) is 0 Å². The summed E-state index contributed by atoms with van der Waals surface area (Å²) in [5.41, 5.74) is 3.54. The van der Waals surface area contributed by atoms with E-state index in [9.17, 15) is 4.79 Å². The van der Waals surface area contributed by atoms with Gasteiger partial charge in [-0.25, -0.2) is 0 Å². The van der Waals surface area contributed by atoms with Gasteiger partial charge in [-0.15, -0.1) is 0 Å². The molecule has 1 heterocycles. The molecule has 0 saturated carbocycles. The molecule has 2 aromatic rings. The van der Waals surface area contributed by atoms with Crippen LogP contribution in [0.2, 0.25) is 0 Å². The molecule has 1 saturated heterocycles. The predicted octanol–water partition coefficient (Wildman–Crippen LogP) is 2.75. The van der Waals surface area contributed by atoms with Gasteiger partial charge in [0.05, 0.1) is 12.0 Å². The van der Waals surface area contributed by atoms with Crippen molar-refractivity contribution in [3.63, 3.8) is 0 Å². The summed E-state index contributed by atoms with van der Waals surface area (Å²) in [7, 11) is 0. The largest absolute Gasteiger partial charge is 0.349 e. The average Bonchev–Trinajstić information content (AvgIpc) is 2.46. The van der Waals surface area contributed by atoms with Crippen LogP contribution in [0.5, 0.6) is 0 Å². The topological polar surface area (TPSA) is 41.1 Å². The van der Waals surface area contributed by atoms with Crippen LogP contribution in [0.15, 0.2) is 54.6 Å². The summed E-state index contributed by atoms with van der Waals surface area (Å²) in [6.07, 6.45) is 0. The third-order valence-corrected chi connectivity index (χ3v) is 4.03. The summed E-state index contributed by atoms with van der Waals surface area (Å²) in [5, 5.41) is 6.20. The smallest absolute Gasteiger partial charge is 0.226 e. The Hall–Kier alpha value is -2.13. The number of carbonyl (C=O) groups excluding carboxylic acids is 1. The number of carbonyl (C=O) groups is 1. The van der Waals surface area contributed by atoms with Gasteiger partial charge < -0.3 is 10.6 Å². The fourth-order valence-electron chi connectivity index (χ4n) is 2.48. The number of benzene rings is 2. The number of amides is 1. The van der Waals surface area contributed by atoms with E-state index in [0.717, 1.165) is 18.7 Å². The second-order valence-corrected chi connectivity index (χ2v) is 5.57.